The van der Waals surface area contributed by atoms with Crippen molar-refractivity contribution >= 4 is 34.7 Å². The summed E-state index contributed by atoms with van der Waals surface area (Å²) >= 11 is 0. The average molecular weight is 578 g/mol. The molecule has 0 saturated heterocycles. The smallest absolute Gasteiger partial charge is 0.235 e. The van der Waals surface area contributed by atoms with Gasteiger partial charge in [-0.1, -0.05) is 0 Å². The zero-order chi connectivity index (χ0) is 30.7. The lowest BCUT2D eigenvalue weighted by Gasteiger charge is -2.52. The van der Waals surface area contributed by atoms with Gasteiger partial charge in [0.15, 0.2) is 34.7 Å². The molecule has 2 fully saturated rings. The molecular weight excluding hydrogens is 542 g/mol. The van der Waals surface area contributed by atoms with Gasteiger partial charge in [-0.25, -0.2) is 0 Å². The van der Waals surface area contributed by atoms with E-state index in [0.717, 1.165) is 5.56 Å². The number of amides is 1. The standard InChI is InChI=1S/C30H35N5O7/c1-34(2)19-11-16(13-33-12-14-5-7-32-8-6-14)24(36)21-17(19)9-15-10-18-23(35(3)4)26(38)22(29(31)41)28(40)30(18,42)27(39)20(15)25(21)37/h5-8,11,15,18,20,22-23,33,36,42H,9-10,12-13H2,1-4H3,(H2,31,41)/t15-,18-,20?,22?,23-,30-/m0/s1. The van der Waals surface area contributed by atoms with Crippen LogP contribution in [0.5, 0.6) is 5.75 Å². The maximum absolute atomic E-state index is 14.1. The van der Waals surface area contributed by atoms with Gasteiger partial charge in [0.25, 0.3) is 0 Å². The lowest BCUT2D eigenvalue weighted by molar-refractivity contribution is -0.181. The van der Waals surface area contributed by atoms with E-state index in [2.05, 4.69) is 10.3 Å². The second kappa shape index (κ2) is 10.7. The first-order valence-electron chi connectivity index (χ1n) is 13.8. The van der Waals surface area contributed by atoms with Crippen LogP contribution in [0.3, 0.4) is 0 Å². The minimum atomic E-state index is -2.75. The third-order valence-corrected chi connectivity index (χ3v) is 8.99. The van der Waals surface area contributed by atoms with Gasteiger partial charge in [0.1, 0.15) is 5.75 Å². The van der Waals surface area contributed by atoms with Crippen LogP contribution >= 0.6 is 0 Å². The van der Waals surface area contributed by atoms with Gasteiger partial charge in [-0.05, 0) is 62.2 Å². The number of pyridine rings is 1. The number of phenols is 1. The van der Waals surface area contributed by atoms with E-state index in [1.165, 1.54) is 4.90 Å². The van der Waals surface area contributed by atoms with Gasteiger partial charge in [-0.2, -0.15) is 0 Å². The quantitative estimate of drug-likeness (QED) is 0.315. The summed E-state index contributed by atoms with van der Waals surface area (Å²) in [5.41, 5.74) is 5.29. The number of rotatable bonds is 7. The number of benzene rings is 1. The molecule has 3 aliphatic carbocycles. The number of aromatic nitrogens is 1. The number of aromatic hydroxyl groups is 1. The van der Waals surface area contributed by atoms with Crippen molar-refractivity contribution in [3.8, 4) is 5.75 Å². The fraction of sp³-hybridized carbons (Fsp3) is 0.467. The molecule has 2 aromatic rings. The number of carbonyl (C=O) groups excluding carboxylic acids is 5. The van der Waals surface area contributed by atoms with Crippen LogP contribution in [0, 0.1) is 23.7 Å². The van der Waals surface area contributed by atoms with Gasteiger partial charge >= 0.3 is 0 Å². The van der Waals surface area contributed by atoms with Crippen molar-refractivity contribution in [1.82, 2.24) is 15.2 Å². The molecular formula is C30H35N5O7. The number of anilines is 1. The van der Waals surface area contributed by atoms with Crippen LogP contribution in [0.15, 0.2) is 30.6 Å². The number of fused-ring (bicyclic) bond motifs is 3. The number of nitrogens with zero attached hydrogens (tertiary/aromatic N) is 3. The van der Waals surface area contributed by atoms with Crippen LogP contribution in [-0.2, 0) is 38.7 Å². The summed E-state index contributed by atoms with van der Waals surface area (Å²) in [5.74, 6) is -10.6. The highest BCUT2D eigenvalue weighted by atomic mass is 16.3. The molecule has 5 N–H and O–H groups in total. The second-order valence-electron chi connectivity index (χ2n) is 11.9. The van der Waals surface area contributed by atoms with E-state index in [1.54, 1.807) is 32.6 Å². The molecule has 1 amide bonds. The van der Waals surface area contributed by atoms with Gasteiger partial charge < -0.3 is 26.2 Å². The highest BCUT2D eigenvalue weighted by Crippen LogP contribution is 2.52. The second-order valence-corrected chi connectivity index (χ2v) is 11.9. The Bertz CT molecular complexity index is 1490. The number of nitrogens with two attached hydrogens (primary N) is 1. The summed E-state index contributed by atoms with van der Waals surface area (Å²) in [4.78, 5) is 74.3. The maximum Gasteiger partial charge on any atom is 0.235 e. The highest BCUT2D eigenvalue weighted by Gasteiger charge is 2.69. The Balaban J connectivity index is 1.56. The minimum Gasteiger partial charge on any atom is -0.507 e. The number of aliphatic hydroxyl groups is 1. The lowest BCUT2D eigenvalue weighted by Crippen LogP contribution is -2.74. The van der Waals surface area contributed by atoms with Crippen molar-refractivity contribution in [1.29, 1.82) is 0 Å². The van der Waals surface area contributed by atoms with E-state index in [-0.39, 0.29) is 30.7 Å². The predicted octanol–water partition coefficient (Wildman–Crippen LogP) is -0.382. The summed E-state index contributed by atoms with van der Waals surface area (Å²) in [6.07, 6.45) is 3.56. The number of ketones is 4. The lowest BCUT2D eigenvalue weighted by atomic mass is 9.52. The third kappa shape index (κ3) is 4.41. The number of Topliss-reactive ketones (excluding diaryl/α,β-unsaturated/α-hetero) is 4. The Hall–Kier alpha value is -4.00. The Morgan fingerprint density at radius 2 is 1.76 bits per heavy atom. The van der Waals surface area contributed by atoms with E-state index in [1.807, 2.05) is 31.1 Å². The SMILES string of the molecule is CN(C)c1cc(CNCc2ccncc2)c(O)c2c1C[C@H]1C[C@H]3[C@H](N(C)C)C(=O)C(C(N)=O)C(=O)[C@@]3(O)C(=O)C1C2=O. The van der Waals surface area contributed by atoms with Crippen LogP contribution in [0.25, 0.3) is 0 Å². The van der Waals surface area contributed by atoms with Crippen LogP contribution in [0.2, 0.25) is 0 Å². The van der Waals surface area contributed by atoms with Crippen LogP contribution in [0.1, 0.15) is 33.5 Å². The van der Waals surface area contributed by atoms with Crippen molar-refractivity contribution in [2.75, 3.05) is 33.1 Å². The molecule has 1 aromatic carbocycles. The zero-order valence-electron chi connectivity index (χ0n) is 24.0. The molecule has 1 aromatic heterocycles. The molecule has 0 spiro atoms. The normalized spacial score (nSPS) is 28.8. The molecule has 12 heteroatoms. The van der Waals surface area contributed by atoms with Crippen molar-refractivity contribution in [2.45, 2.75) is 37.6 Å². The molecule has 2 saturated carbocycles. The fourth-order valence-electron chi connectivity index (χ4n) is 7.08. The number of phenolic OH excluding ortho intramolecular Hbond substituents is 1. The van der Waals surface area contributed by atoms with Crippen molar-refractivity contribution in [3.63, 3.8) is 0 Å². The number of likely N-dealkylation sites (N-methyl/N-ethyl adjacent to an activating group) is 1. The Kier molecular flexibility index (Phi) is 7.50. The Morgan fingerprint density at radius 3 is 2.36 bits per heavy atom. The van der Waals surface area contributed by atoms with E-state index in [0.29, 0.717) is 23.4 Å². The summed E-state index contributed by atoms with van der Waals surface area (Å²) in [5, 5.41) is 26.4. The van der Waals surface area contributed by atoms with Crippen molar-refractivity contribution in [3.05, 3.63) is 52.8 Å². The third-order valence-electron chi connectivity index (χ3n) is 8.99. The fourth-order valence-corrected chi connectivity index (χ4v) is 7.08. The van der Waals surface area contributed by atoms with Crippen molar-refractivity contribution < 1.29 is 34.2 Å². The Labute approximate surface area is 242 Å². The number of nitrogens with one attached hydrogen (secondary N) is 1. The van der Waals surface area contributed by atoms with Crippen LogP contribution < -0.4 is 16.0 Å². The summed E-state index contributed by atoms with van der Waals surface area (Å²) < 4.78 is 0. The molecule has 12 nitrogen and oxygen atoms in total. The predicted molar refractivity (Wildman–Crippen MR) is 150 cm³/mol. The minimum absolute atomic E-state index is 0.00671. The molecule has 0 radical (unpaired) electrons. The van der Waals surface area contributed by atoms with Gasteiger partial charge in [0.05, 0.1) is 17.5 Å². The van der Waals surface area contributed by atoms with Crippen LogP contribution in [0.4, 0.5) is 5.69 Å². The molecule has 42 heavy (non-hydrogen) atoms. The van der Waals surface area contributed by atoms with E-state index >= 15 is 0 Å². The van der Waals surface area contributed by atoms with Gasteiger partial charge in [-0.3, -0.25) is 33.9 Å². The first kappa shape index (κ1) is 29.5. The number of primary amides is 1. The number of carbonyl (C=O) groups is 5. The van der Waals surface area contributed by atoms with E-state index < -0.39 is 64.4 Å². The molecule has 0 aliphatic heterocycles. The van der Waals surface area contributed by atoms with Gasteiger partial charge in [0, 0.05) is 56.7 Å². The van der Waals surface area contributed by atoms with Gasteiger partial charge in [0.2, 0.25) is 5.91 Å². The number of hydrogen-bond acceptors (Lipinski definition) is 11. The molecule has 0 bridgehead atoms. The average Bonchev–Trinajstić information content (AvgIpc) is 2.92. The molecule has 6 atom stereocenters. The van der Waals surface area contributed by atoms with Crippen LogP contribution in [-0.4, -0.2) is 89.0 Å². The topological polar surface area (TPSA) is 183 Å². The van der Waals surface area contributed by atoms with Gasteiger partial charge in [-0.15, -0.1) is 0 Å². The summed E-state index contributed by atoms with van der Waals surface area (Å²) in [7, 11) is 6.74. The molecule has 222 valence electrons. The molecule has 2 unspecified atom stereocenters. The molecule has 5 rings (SSSR count). The number of hydrogen-bond donors (Lipinski definition) is 4. The van der Waals surface area contributed by atoms with E-state index in [9.17, 15) is 34.2 Å². The Morgan fingerprint density at radius 1 is 1.10 bits per heavy atom. The largest absolute Gasteiger partial charge is 0.507 e. The summed E-state index contributed by atoms with van der Waals surface area (Å²) in [6.45, 7) is 0.700. The zero-order valence-corrected chi connectivity index (χ0v) is 24.0. The highest BCUT2D eigenvalue weighted by molar-refractivity contribution is 6.32. The molecule has 3 aliphatic rings. The first-order valence-corrected chi connectivity index (χ1v) is 13.8. The monoisotopic (exact) mass is 577 g/mol. The first-order chi connectivity index (χ1) is 19.8. The molecule has 1 heterocycles. The maximum atomic E-state index is 14.1. The summed E-state index contributed by atoms with van der Waals surface area (Å²) in [6, 6.07) is 4.37. The van der Waals surface area contributed by atoms with Crippen molar-refractivity contribution in [2.24, 2.45) is 29.4 Å². The van der Waals surface area contributed by atoms with E-state index in [4.69, 9.17) is 5.73 Å².